The maximum absolute atomic E-state index is 10.5. The standard InChI is InChI=1S/C55H32N2/c1-29-14-17-33(28-56)43(24-29)52-39-21-19-36-35(44(39)26-46-37-11-5-8-32-9-6-13-41(50(32)37)54(46)52)20-22-40-45(36)27-47-38-12-7-10-34-31(3)16-18-42(51(34)38)55(47)53(40)48-25-30(2)15-23-49(48)57-4/h5-27H,1-3H3. The fraction of sp³-hybridized carbons (Fsp3) is 0.0545. The highest BCUT2D eigenvalue weighted by molar-refractivity contribution is 6.31. The number of hydrogen-bond donors (Lipinski definition) is 0. The van der Waals surface area contributed by atoms with Crippen LogP contribution in [0.2, 0.25) is 0 Å². The molecule has 2 aliphatic rings. The first-order valence-electron chi connectivity index (χ1n) is 19.5. The Hall–Kier alpha value is -7.52. The van der Waals surface area contributed by atoms with Crippen LogP contribution in [0.5, 0.6) is 0 Å². The zero-order chi connectivity index (χ0) is 38.3. The summed E-state index contributed by atoms with van der Waals surface area (Å²) < 4.78 is 0. The number of nitrogens with zero attached hydrogens (tertiary/aromatic N) is 2. The van der Waals surface area contributed by atoms with E-state index < -0.39 is 0 Å². The van der Waals surface area contributed by atoms with E-state index >= 15 is 0 Å². The molecule has 2 nitrogen and oxygen atoms in total. The second-order valence-electron chi connectivity index (χ2n) is 15.9. The molecule has 0 N–H and O–H groups in total. The average molecular weight is 721 g/mol. The van der Waals surface area contributed by atoms with E-state index in [9.17, 15) is 5.26 Å². The summed E-state index contributed by atoms with van der Waals surface area (Å²) in [5.41, 5.74) is 18.8. The van der Waals surface area contributed by atoms with Crippen LogP contribution in [0.4, 0.5) is 5.69 Å². The molecule has 0 saturated heterocycles. The van der Waals surface area contributed by atoms with Gasteiger partial charge < -0.3 is 0 Å². The summed E-state index contributed by atoms with van der Waals surface area (Å²) in [7, 11) is 0. The minimum atomic E-state index is 0.661. The van der Waals surface area contributed by atoms with Crippen molar-refractivity contribution in [3.63, 3.8) is 0 Å². The summed E-state index contributed by atoms with van der Waals surface area (Å²) in [4.78, 5) is 4.09. The van der Waals surface area contributed by atoms with Crippen molar-refractivity contribution in [3.8, 4) is 72.8 Å². The van der Waals surface area contributed by atoms with Gasteiger partial charge in [0.05, 0.1) is 18.2 Å². The minimum absolute atomic E-state index is 0.661. The van der Waals surface area contributed by atoms with E-state index in [4.69, 9.17) is 6.57 Å². The van der Waals surface area contributed by atoms with Gasteiger partial charge in [0.15, 0.2) is 5.69 Å². The molecule has 57 heavy (non-hydrogen) atoms. The summed E-state index contributed by atoms with van der Waals surface area (Å²) in [6.45, 7) is 14.7. The van der Waals surface area contributed by atoms with E-state index in [0.717, 1.165) is 44.2 Å². The maximum atomic E-state index is 10.5. The number of rotatable bonds is 2. The Labute approximate surface area is 330 Å². The molecule has 0 atom stereocenters. The molecule has 10 aromatic rings. The lowest BCUT2D eigenvalue weighted by Crippen LogP contribution is -1.94. The topological polar surface area (TPSA) is 28.1 Å². The Bertz CT molecular complexity index is 3620. The van der Waals surface area contributed by atoms with Crippen LogP contribution >= 0.6 is 0 Å². The summed E-state index contributed by atoms with van der Waals surface area (Å²) in [6, 6.07) is 53.4. The molecule has 0 aliphatic heterocycles. The van der Waals surface area contributed by atoms with Crippen LogP contribution in [-0.2, 0) is 0 Å². The molecule has 0 spiro atoms. The van der Waals surface area contributed by atoms with Gasteiger partial charge in [-0.1, -0.05) is 132 Å². The molecule has 2 aliphatic carbocycles. The fourth-order valence-corrected chi connectivity index (χ4v) is 10.4. The highest BCUT2D eigenvalue weighted by atomic mass is 14.6. The quantitative estimate of drug-likeness (QED) is 0.129. The molecule has 12 rings (SSSR count). The maximum Gasteiger partial charge on any atom is 0.194 e. The normalized spacial score (nSPS) is 12.1. The third kappa shape index (κ3) is 4.12. The average Bonchev–Trinajstić information content (AvgIpc) is 3.74. The van der Waals surface area contributed by atoms with E-state index in [1.807, 2.05) is 24.3 Å². The predicted octanol–water partition coefficient (Wildman–Crippen LogP) is 15.4. The van der Waals surface area contributed by atoms with Gasteiger partial charge in [-0.2, -0.15) is 5.26 Å². The Kier molecular flexibility index (Phi) is 6.29. The summed E-state index contributed by atoms with van der Waals surface area (Å²) >= 11 is 0. The van der Waals surface area contributed by atoms with Gasteiger partial charge in [-0.05, 0) is 160 Å². The minimum Gasteiger partial charge on any atom is -0.238 e. The van der Waals surface area contributed by atoms with Crippen molar-refractivity contribution < 1.29 is 0 Å². The number of benzene rings is 10. The molecule has 0 saturated carbocycles. The van der Waals surface area contributed by atoms with Crippen LogP contribution in [0, 0.1) is 38.7 Å². The Morgan fingerprint density at radius 1 is 0.421 bits per heavy atom. The molecule has 10 aromatic carbocycles. The summed E-state index contributed by atoms with van der Waals surface area (Å²) in [5.74, 6) is 0. The second kappa shape index (κ2) is 11.3. The largest absolute Gasteiger partial charge is 0.238 e. The lowest BCUT2D eigenvalue weighted by molar-refractivity contribution is 1.43. The molecule has 0 aromatic heterocycles. The molecule has 0 unspecified atom stereocenters. The first kappa shape index (κ1) is 31.8. The lowest BCUT2D eigenvalue weighted by Gasteiger charge is -2.20. The van der Waals surface area contributed by atoms with Crippen LogP contribution in [0.3, 0.4) is 0 Å². The highest BCUT2D eigenvalue weighted by Crippen LogP contribution is 2.58. The Balaban J connectivity index is 1.26. The van der Waals surface area contributed by atoms with Crippen LogP contribution in [0.1, 0.15) is 22.3 Å². The zero-order valence-electron chi connectivity index (χ0n) is 31.7. The molecule has 0 heterocycles. The van der Waals surface area contributed by atoms with E-state index in [1.54, 1.807) is 0 Å². The van der Waals surface area contributed by atoms with E-state index in [0.29, 0.717) is 11.3 Å². The van der Waals surface area contributed by atoms with Crippen molar-refractivity contribution >= 4 is 59.5 Å². The van der Waals surface area contributed by atoms with Gasteiger partial charge >= 0.3 is 0 Å². The van der Waals surface area contributed by atoms with Crippen LogP contribution in [0.15, 0.2) is 140 Å². The van der Waals surface area contributed by atoms with Crippen molar-refractivity contribution in [2.75, 3.05) is 0 Å². The number of hydrogen-bond acceptors (Lipinski definition) is 1. The number of nitriles is 1. The zero-order valence-corrected chi connectivity index (χ0v) is 31.7. The SMILES string of the molecule is [C-]#[N+]c1ccc(C)cc1-c1c2c(cc3c1ccc1c4cc5c(c(-c6cc(C)ccc6C#N)c4ccc31)-c1cccc3cccc-5c13)-c1cccc3c(C)ccc-2c13. The van der Waals surface area contributed by atoms with Crippen molar-refractivity contribution in [2.45, 2.75) is 20.8 Å². The smallest absolute Gasteiger partial charge is 0.194 e. The fourth-order valence-electron chi connectivity index (χ4n) is 10.4. The third-order valence-corrected chi connectivity index (χ3v) is 12.8. The van der Waals surface area contributed by atoms with E-state index in [-0.39, 0.29) is 0 Å². The van der Waals surface area contributed by atoms with E-state index in [1.165, 1.54) is 93.2 Å². The van der Waals surface area contributed by atoms with Crippen molar-refractivity contribution in [3.05, 3.63) is 173 Å². The monoisotopic (exact) mass is 720 g/mol. The Morgan fingerprint density at radius 2 is 0.982 bits per heavy atom. The molecular formula is C55H32N2. The van der Waals surface area contributed by atoms with Crippen LogP contribution in [0.25, 0.3) is 125 Å². The summed E-state index contributed by atoms with van der Waals surface area (Å²) in [6.07, 6.45) is 0. The lowest BCUT2D eigenvalue weighted by atomic mass is 9.82. The molecule has 0 radical (unpaired) electrons. The van der Waals surface area contributed by atoms with E-state index in [2.05, 4.69) is 147 Å². The Morgan fingerprint density at radius 3 is 1.65 bits per heavy atom. The van der Waals surface area contributed by atoms with Crippen LogP contribution < -0.4 is 0 Å². The molecule has 0 bridgehead atoms. The highest BCUT2D eigenvalue weighted by Gasteiger charge is 2.30. The van der Waals surface area contributed by atoms with Gasteiger partial charge in [-0.15, -0.1) is 0 Å². The van der Waals surface area contributed by atoms with Crippen molar-refractivity contribution in [1.29, 1.82) is 5.26 Å². The third-order valence-electron chi connectivity index (χ3n) is 12.8. The van der Waals surface area contributed by atoms with Gasteiger partial charge in [0.25, 0.3) is 0 Å². The molecular weight excluding hydrogens is 689 g/mol. The summed E-state index contributed by atoms with van der Waals surface area (Å²) in [5, 5.41) is 22.5. The van der Waals surface area contributed by atoms with Gasteiger partial charge in [0, 0.05) is 5.56 Å². The molecule has 0 fully saturated rings. The van der Waals surface area contributed by atoms with Crippen LogP contribution in [-0.4, -0.2) is 0 Å². The second-order valence-corrected chi connectivity index (χ2v) is 15.9. The van der Waals surface area contributed by atoms with Gasteiger partial charge in [-0.3, -0.25) is 0 Å². The molecule has 262 valence electrons. The number of aryl methyl sites for hydroxylation is 3. The first-order chi connectivity index (χ1) is 27.9. The molecule has 2 heteroatoms. The van der Waals surface area contributed by atoms with Gasteiger partial charge in [-0.25, -0.2) is 4.85 Å². The van der Waals surface area contributed by atoms with Crippen molar-refractivity contribution in [2.24, 2.45) is 0 Å². The first-order valence-corrected chi connectivity index (χ1v) is 19.5. The van der Waals surface area contributed by atoms with Crippen molar-refractivity contribution in [1.82, 2.24) is 0 Å². The predicted molar refractivity (Wildman–Crippen MR) is 239 cm³/mol. The van der Waals surface area contributed by atoms with Gasteiger partial charge in [0.2, 0.25) is 0 Å². The van der Waals surface area contributed by atoms with Gasteiger partial charge in [0.1, 0.15) is 0 Å². The number of fused-ring (bicyclic) bond motifs is 11. The molecule has 0 amide bonds.